The van der Waals surface area contributed by atoms with Crippen LogP contribution in [0.3, 0.4) is 0 Å². The van der Waals surface area contributed by atoms with E-state index in [1.54, 1.807) is 6.26 Å². The second-order valence-electron chi connectivity index (χ2n) is 7.70. The molecule has 6 nitrogen and oxygen atoms in total. The zero-order chi connectivity index (χ0) is 18.8. The highest BCUT2D eigenvalue weighted by Gasteiger charge is 2.38. The molecule has 1 saturated carbocycles. The smallest absolute Gasteiger partial charge is 0.237 e. The van der Waals surface area contributed by atoms with Crippen LogP contribution in [0.1, 0.15) is 38.2 Å². The number of hydrogen-bond acceptors (Lipinski definition) is 4. The Labute approximate surface area is 159 Å². The lowest BCUT2D eigenvalue weighted by Gasteiger charge is -2.26. The molecule has 2 aliphatic rings. The number of hydrogen-bond donors (Lipinski definition) is 2. The summed E-state index contributed by atoms with van der Waals surface area (Å²) in [4.78, 5) is 27.1. The molecule has 1 aromatic heterocycles. The summed E-state index contributed by atoms with van der Waals surface area (Å²) in [5.41, 5.74) is 2.01. The quantitative estimate of drug-likeness (QED) is 0.820. The van der Waals surface area contributed by atoms with E-state index in [0.717, 1.165) is 35.8 Å². The Morgan fingerprint density at radius 3 is 2.81 bits per heavy atom. The number of carbonyl (C=O) groups excluding carboxylic acids is 2. The van der Waals surface area contributed by atoms with E-state index in [-0.39, 0.29) is 29.8 Å². The van der Waals surface area contributed by atoms with Crippen molar-refractivity contribution in [2.45, 2.75) is 51.2 Å². The molecule has 0 radical (unpaired) electrons. The first kappa shape index (κ1) is 18.0. The van der Waals surface area contributed by atoms with Crippen molar-refractivity contribution in [3.63, 3.8) is 0 Å². The summed E-state index contributed by atoms with van der Waals surface area (Å²) in [5.74, 6) is 0.371. The highest BCUT2D eigenvalue weighted by Crippen LogP contribution is 2.28. The van der Waals surface area contributed by atoms with Gasteiger partial charge in [0.05, 0.1) is 12.3 Å². The molecule has 2 heterocycles. The fourth-order valence-corrected chi connectivity index (χ4v) is 4.09. The van der Waals surface area contributed by atoms with Crippen molar-refractivity contribution in [2.75, 3.05) is 13.1 Å². The topological polar surface area (TPSA) is 74.6 Å². The standard InChI is InChI=1S/C21H27N3O3/c1-2-22-21(26)18-11-17(23-20(25)15-4-3-5-15)13-24(18)12-14-6-7-19-16(10-14)8-9-27-19/h6-10,15,17-18H,2-5,11-13H2,1H3,(H,22,26)(H,23,25)/t17-,18+/m1/s1. The van der Waals surface area contributed by atoms with Gasteiger partial charge in [0.1, 0.15) is 5.58 Å². The van der Waals surface area contributed by atoms with Gasteiger partial charge in [-0.05, 0) is 49.9 Å². The number of nitrogens with zero attached hydrogens (tertiary/aromatic N) is 1. The Hall–Kier alpha value is -2.34. The van der Waals surface area contributed by atoms with Crippen LogP contribution >= 0.6 is 0 Å². The van der Waals surface area contributed by atoms with Crippen LogP contribution in [-0.4, -0.2) is 41.9 Å². The van der Waals surface area contributed by atoms with E-state index in [1.807, 2.05) is 25.1 Å². The Bertz CT molecular complexity index is 827. The second kappa shape index (κ2) is 7.72. The summed E-state index contributed by atoms with van der Waals surface area (Å²) in [6, 6.07) is 7.89. The van der Waals surface area contributed by atoms with Crippen LogP contribution in [-0.2, 0) is 16.1 Å². The minimum atomic E-state index is -0.211. The van der Waals surface area contributed by atoms with Crippen LogP contribution in [0.15, 0.2) is 34.9 Å². The Balaban J connectivity index is 1.46. The van der Waals surface area contributed by atoms with E-state index in [9.17, 15) is 9.59 Å². The lowest BCUT2D eigenvalue weighted by molar-refractivity contribution is -0.128. The van der Waals surface area contributed by atoms with Gasteiger partial charge in [0.2, 0.25) is 11.8 Å². The maximum absolute atomic E-state index is 12.6. The molecule has 2 N–H and O–H groups in total. The van der Waals surface area contributed by atoms with Crippen molar-refractivity contribution in [2.24, 2.45) is 5.92 Å². The number of benzene rings is 1. The van der Waals surface area contributed by atoms with Gasteiger partial charge >= 0.3 is 0 Å². The number of likely N-dealkylation sites (tertiary alicyclic amines) is 1. The average molecular weight is 369 g/mol. The largest absolute Gasteiger partial charge is 0.464 e. The molecule has 2 fully saturated rings. The average Bonchev–Trinajstić information content (AvgIpc) is 3.20. The molecule has 0 bridgehead atoms. The molecular formula is C21H27N3O3. The van der Waals surface area contributed by atoms with Crippen LogP contribution in [0.4, 0.5) is 0 Å². The molecule has 1 aromatic carbocycles. The van der Waals surface area contributed by atoms with Gasteiger partial charge in [-0.25, -0.2) is 0 Å². The van der Waals surface area contributed by atoms with E-state index in [4.69, 9.17) is 4.42 Å². The van der Waals surface area contributed by atoms with Crippen molar-refractivity contribution in [1.29, 1.82) is 0 Å². The minimum absolute atomic E-state index is 0.0309. The summed E-state index contributed by atoms with van der Waals surface area (Å²) in [5, 5.41) is 7.18. The summed E-state index contributed by atoms with van der Waals surface area (Å²) in [6.45, 7) is 3.92. The van der Waals surface area contributed by atoms with Crippen molar-refractivity contribution < 1.29 is 14.0 Å². The number of amides is 2. The number of rotatable bonds is 6. The van der Waals surface area contributed by atoms with Gasteiger partial charge in [0, 0.05) is 37.0 Å². The van der Waals surface area contributed by atoms with Gasteiger partial charge in [-0.15, -0.1) is 0 Å². The summed E-state index contributed by atoms with van der Waals surface area (Å²) in [7, 11) is 0. The molecule has 6 heteroatoms. The number of likely N-dealkylation sites (N-methyl/N-ethyl adjacent to an activating group) is 1. The van der Waals surface area contributed by atoms with E-state index >= 15 is 0 Å². The number of carbonyl (C=O) groups is 2. The van der Waals surface area contributed by atoms with Gasteiger partial charge in [-0.3, -0.25) is 14.5 Å². The number of nitrogens with one attached hydrogen (secondary N) is 2. The fourth-order valence-electron chi connectivity index (χ4n) is 4.09. The molecule has 4 rings (SSSR count). The predicted octanol–water partition coefficient (Wildman–Crippen LogP) is 2.43. The zero-order valence-corrected chi connectivity index (χ0v) is 15.7. The molecule has 2 aromatic rings. The molecule has 0 unspecified atom stereocenters. The van der Waals surface area contributed by atoms with Crippen LogP contribution in [0.25, 0.3) is 11.0 Å². The summed E-state index contributed by atoms with van der Waals surface area (Å²) < 4.78 is 5.41. The monoisotopic (exact) mass is 369 g/mol. The summed E-state index contributed by atoms with van der Waals surface area (Å²) >= 11 is 0. The SMILES string of the molecule is CCNC(=O)[C@@H]1C[C@@H](NC(=O)C2CCC2)CN1Cc1ccc2occc2c1. The Morgan fingerprint density at radius 1 is 1.22 bits per heavy atom. The first-order chi connectivity index (χ1) is 13.1. The molecular weight excluding hydrogens is 342 g/mol. The maximum atomic E-state index is 12.6. The van der Waals surface area contributed by atoms with Crippen LogP contribution in [0.5, 0.6) is 0 Å². The molecule has 2 amide bonds. The van der Waals surface area contributed by atoms with E-state index in [0.29, 0.717) is 26.1 Å². The molecule has 1 saturated heterocycles. The Morgan fingerprint density at radius 2 is 2.07 bits per heavy atom. The van der Waals surface area contributed by atoms with Crippen molar-refractivity contribution in [3.8, 4) is 0 Å². The van der Waals surface area contributed by atoms with Crippen LogP contribution < -0.4 is 10.6 Å². The van der Waals surface area contributed by atoms with Gasteiger partial charge in [-0.1, -0.05) is 12.5 Å². The zero-order valence-electron chi connectivity index (χ0n) is 15.7. The van der Waals surface area contributed by atoms with Gasteiger partial charge in [0.25, 0.3) is 0 Å². The van der Waals surface area contributed by atoms with Crippen LogP contribution in [0.2, 0.25) is 0 Å². The summed E-state index contributed by atoms with van der Waals surface area (Å²) in [6.07, 6.45) is 5.48. The third-order valence-electron chi connectivity index (χ3n) is 5.78. The van der Waals surface area contributed by atoms with Crippen LogP contribution in [0, 0.1) is 5.92 Å². The molecule has 2 atom stereocenters. The van der Waals surface area contributed by atoms with Gasteiger partial charge in [-0.2, -0.15) is 0 Å². The van der Waals surface area contributed by atoms with Gasteiger partial charge in [0.15, 0.2) is 0 Å². The van der Waals surface area contributed by atoms with E-state index in [2.05, 4.69) is 21.6 Å². The molecule has 144 valence electrons. The number of fused-ring (bicyclic) bond motifs is 1. The van der Waals surface area contributed by atoms with Gasteiger partial charge < -0.3 is 15.1 Å². The molecule has 0 spiro atoms. The van der Waals surface area contributed by atoms with Crippen molar-refractivity contribution in [3.05, 3.63) is 36.1 Å². The van der Waals surface area contributed by atoms with E-state index < -0.39 is 0 Å². The van der Waals surface area contributed by atoms with E-state index in [1.165, 1.54) is 0 Å². The third kappa shape index (κ3) is 3.86. The first-order valence-electron chi connectivity index (χ1n) is 9.92. The third-order valence-corrected chi connectivity index (χ3v) is 5.78. The molecule has 27 heavy (non-hydrogen) atoms. The second-order valence-corrected chi connectivity index (χ2v) is 7.70. The highest BCUT2D eigenvalue weighted by molar-refractivity contribution is 5.83. The van der Waals surface area contributed by atoms with Crippen molar-refractivity contribution >= 4 is 22.8 Å². The predicted molar refractivity (Wildman–Crippen MR) is 103 cm³/mol. The normalized spacial score (nSPS) is 23.3. The molecule has 1 aliphatic heterocycles. The number of furan rings is 1. The lowest BCUT2D eigenvalue weighted by Crippen LogP contribution is -2.42. The fraction of sp³-hybridized carbons (Fsp3) is 0.524. The highest BCUT2D eigenvalue weighted by atomic mass is 16.3. The maximum Gasteiger partial charge on any atom is 0.237 e. The first-order valence-corrected chi connectivity index (χ1v) is 9.92. The van der Waals surface area contributed by atoms with Crippen molar-refractivity contribution in [1.82, 2.24) is 15.5 Å². The Kier molecular flexibility index (Phi) is 5.16. The molecule has 1 aliphatic carbocycles. The lowest BCUT2D eigenvalue weighted by atomic mass is 9.84. The minimum Gasteiger partial charge on any atom is -0.464 e.